The van der Waals surface area contributed by atoms with Crippen LogP contribution >= 0.6 is 12.4 Å². The van der Waals surface area contributed by atoms with Crippen LogP contribution in [0.25, 0.3) is 0 Å². The third kappa shape index (κ3) is 9.31. The second kappa shape index (κ2) is 14.1. The minimum absolute atomic E-state index is 0. The fraction of sp³-hybridized carbons (Fsp3) is 0.269. The van der Waals surface area contributed by atoms with E-state index < -0.39 is 6.10 Å². The van der Waals surface area contributed by atoms with E-state index in [4.69, 9.17) is 9.47 Å². The Morgan fingerprint density at radius 3 is 2.41 bits per heavy atom. The van der Waals surface area contributed by atoms with Crippen molar-refractivity contribution in [1.82, 2.24) is 5.32 Å². The molecule has 0 heterocycles. The lowest BCUT2D eigenvalue weighted by molar-refractivity contribution is -0.115. The van der Waals surface area contributed by atoms with Gasteiger partial charge in [-0.2, -0.15) is 0 Å². The average Bonchev–Trinajstić information content (AvgIpc) is 2.82. The number of aliphatic hydroxyl groups excluding tert-OH is 1. The zero-order valence-electron chi connectivity index (χ0n) is 19.1. The molecule has 4 N–H and O–H groups in total. The van der Waals surface area contributed by atoms with Gasteiger partial charge in [0, 0.05) is 12.2 Å². The van der Waals surface area contributed by atoms with Crippen LogP contribution in [0.5, 0.6) is 17.2 Å². The number of hydrogen-bond acceptors (Lipinski definition) is 6. The molecule has 0 fully saturated rings. The number of methoxy groups -OCH3 is 1. The molecular formula is C26H31ClN2O5. The number of ether oxygens (including phenoxy) is 2. The number of amides is 1. The van der Waals surface area contributed by atoms with E-state index in [0.717, 1.165) is 29.0 Å². The molecule has 3 aromatic rings. The summed E-state index contributed by atoms with van der Waals surface area (Å²) < 4.78 is 10.7. The number of nitrogens with one attached hydrogen (secondary N) is 2. The van der Waals surface area contributed by atoms with Crippen molar-refractivity contribution in [2.75, 3.05) is 32.1 Å². The van der Waals surface area contributed by atoms with Gasteiger partial charge in [-0.1, -0.05) is 24.3 Å². The maximum absolute atomic E-state index is 12.3. The van der Waals surface area contributed by atoms with Gasteiger partial charge in [0.1, 0.15) is 30.0 Å². The number of anilines is 1. The van der Waals surface area contributed by atoms with Gasteiger partial charge in [0.05, 0.1) is 13.5 Å². The zero-order chi connectivity index (χ0) is 23.5. The first kappa shape index (κ1) is 27.0. The second-order valence-corrected chi connectivity index (χ2v) is 7.69. The van der Waals surface area contributed by atoms with Gasteiger partial charge in [-0.25, -0.2) is 0 Å². The summed E-state index contributed by atoms with van der Waals surface area (Å²) in [5, 5.41) is 25.4. The van der Waals surface area contributed by atoms with E-state index in [0.29, 0.717) is 18.8 Å². The lowest BCUT2D eigenvalue weighted by Crippen LogP contribution is -2.32. The van der Waals surface area contributed by atoms with Crippen LogP contribution in [-0.2, 0) is 17.6 Å². The molecule has 182 valence electrons. The molecule has 0 spiro atoms. The van der Waals surface area contributed by atoms with Gasteiger partial charge in [0.2, 0.25) is 5.91 Å². The summed E-state index contributed by atoms with van der Waals surface area (Å²) in [6.07, 6.45) is 0.437. The molecule has 0 aliphatic rings. The van der Waals surface area contributed by atoms with Crippen molar-refractivity contribution in [3.8, 4) is 17.2 Å². The SMILES string of the molecule is COc1cccc(CC(=O)Nc2ccc(CCNC[C@H](O)COc3ccc(O)cc3)cc2)c1.Cl. The topological polar surface area (TPSA) is 100 Å². The number of hydrogen-bond donors (Lipinski definition) is 4. The highest BCUT2D eigenvalue weighted by Crippen LogP contribution is 2.16. The number of aliphatic hydroxyl groups is 1. The van der Waals surface area contributed by atoms with Gasteiger partial charge < -0.3 is 30.3 Å². The number of phenols is 1. The summed E-state index contributed by atoms with van der Waals surface area (Å²) in [7, 11) is 1.60. The van der Waals surface area contributed by atoms with Gasteiger partial charge in [0.25, 0.3) is 0 Å². The average molecular weight is 487 g/mol. The molecule has 3 rings (SSSR count). The van der Waals surface area contributed by atoms with Crippen molar-refractivity contribution in [3.05, 3.63) is 83.9 Å². The Balaban J connectivity index is 0.00000408. The molecule has 0 aliphatic carbocycles. The van der Waals surface area contributed by atoms with Crippen LogP contribution in [0.15, 0.2) is 72.8 Å². The van der Waals surface area contributed by atoms with E-state index in [1.54, 1.807) is 19.2 Å². The first-order valence-corrected chi connectivity index (χ1v) is 10.8. The molecular weight excluding hydrogens is 456 g/mol. The summed E-state index contributed by atoms with van der Waals surface area (Å²) in [4.78, 5) is 12.3. The van der Waals surface area contributed by atoms with E-state index in [1.807, 2.05) is 48.5 Å². The molecule has 8 heteroatoms. The van der Waals surface area contributed by atoms with Crippen LogP contribution in [0, 0.1) is 0 Å². The number of rotatable bonds is 12. The number of aromatic hydroxyl groups is 1. The lowest BCUT2D eigenvalue weighted by atomic mass is 10.1. The Kier molecular flexibility index (Phi) is 11.2. The normalized spacial score (nSPS) is 11.2. The third-order valence-corrected chi connectivity index (χ3v) is 4.99. The molecule has 1 amide bonds. The predicted molar refractivity (Wildman–Crippen MR) is 135 cm³/mol. The largest absolute Gasteiger partial charge is 0.508 e. The predicted octanol–water partition coefficient (Wildman–Crippen LogP) is 3.58. The summed E-state index contributed by atoms with van der Waals surface area (Å²) >= 11 is 0. The molecule has 7 nitrogen and oxygen atoms in total. The lowest BCUT2D eigenvalue weighted by Gasteiger charge is -2.13. The Bertz CT molecular complexity index is 1010. The molecule has 0 bridgehead atoms. The number of carbonyl (C=O) groups excluding carboxylic acids is 1. The molecule has 0 saturated heterocycles. The first-order chi connectivity index (χ1) is 16.0. The minimum atomic E-state index is -0.638. The standard InChI is InChI=1S/C26H30N2O5.ClH/c1-32-25-4-2-3-20(15-25)16-26(31)28-21-7-5-19(6-8-21)13-14-27-17-23(30)18-33-24-11-9-22(29)10-12-24;/h2-12,15,23,27,29-30H,13-14,16-18H2,1H3,(H,28,31);1H/t23-;/m0./s1. The molecule has 0 aliphatic heterocycles. The van der Waals surface area contributed by atoms with Crippen LogP contribution in [0.3, 0.4) is 0 Å². The minimum Gasteiger partial charge on any atom is -0.508 e. The van der Waals surface area contributed by atoms with Gasteiger partial charge in [0.15, 0.2) is 0 Å². The maximum Gasteiger partial charge on any atom is 0.228 e. The van der Waals surface area contributed by atoms with E-state index in [9.17, 15) is 15.0 Å². The van der Waals surface area contributed by atoms with Gasteiger partial charge in [-0.3, -0.25) is 4.79 Å². The number of benzene rings is 3. The summed E-state index contributed by atoms with van der Waals surface area (Å²) in [6.45, 7) is 1.29. The Morgan fingerprint density at radius 2 is 1.71 bits per heavy atom. The van der Waals surface area contributed by atoms with Crippen molar-refractivity contribution in [1.29, 1.82) is 0 Å². The van der Waals surface area contributed by atoms with Crippen molar-refractivity contribution in [2.45, 2.75) is 18.9 Å². The van der Waals surface area contributed by atoms with Crippen LogP contribution in [-0.4, -0.2) is 49.0 Å². The van der Waals surface area contributed by atoms with Crippen LogP contribution < -0.4 is 20.1 Å². The Hall–Kier alpha value is -3.26. The van der Waals surface area contributed by atoms with Crippen LogP contribution in [0.2, 0.25) is 0 Å². The summed E-state index contributed by atoms with van der Waals surface area (Å²) in [5.41, 5.74) is 2.77. The Morgan fingerprint density at radius 1 is 0.971 bits per heavy atom. The van der Waals surface area contributed by atoms with E-state index >= 15 is 0 Å². The van der Waals surface area contributed by atoms with E-state index in [2.05, 4.69) is 10.6 Å². The fourth-order valence-corrected chi connectivity index (χ4v) is 3.22. The highest BCUT2D eigenvalue weighted by atomic mass is 35.5. The van der Waals surface area contributed by atoms with Gasteiger partial charge >= 0.3 is 0 Å². The number of phenolic OH excluding ortho intramolecular Hbond substituents is 1. The smallest absolute Gasteiger partial charge is 0.228 e. The van der Waals surface area contributed by atoms with Crippen molar-refractivity contribution < 1.29 is 24.5 Å². The van der Waals surface area contributed by atoms with E-state index in [-0.39, 0.29) is 37.1 Å². The van der Waals surface area contributed by atoms with Crippen molar-refractivity contribution in [3.63, 3.8) is 0 Å². The maximum atomic E-state index is 12.3. The monoisotopic (exact) mass is 486 g/mol. The number of carbonyl (C=O) groups is 1. The molecule has 0 saturated carbocycles. The number of halogens is 1. The highest BCUT2D eigenvalue weighted by Gasteiger charge is 2.07. The van der Waals surface area contributed by atoms with E-state index in [1.165, 1.54) is 12.1 Å². The molecule has 1 atom stereocenters. The molecule has 0 radical (unpaired) electrons. The highest BCUT2D eigenvalue weighted by molar-refractivity contribution is 5.92. The molecule has 0 unspecified atom stereocenters. The van der Waals surface area contributed by atoms with Crippen molar-refractivity contribution >= 4 is 24.0 Å². The quantitative estimate of drug-likeness (QED) is 0.292. The van der Waals surface area contributed by atoms with Gasteiger partial charge in [-0.15, -0.1) is 12.4 Å². The Labute approximate surface area is 206 Å². The summed E-state index contributed by atoms with van der Waals surface area (Å²) in [6, 6.07) is 21.6. The fourth-order valence-electron chi connectivity index (χ4n) is 3.22. The second-order valence-electron chi connectivity index (χ2n) is 7.69. The van der Waals surface area contributed by atoms with Crippen molar-refractivity contribution in [2.24, 2.45) is 0 Å². The molecule has 3 aromatic carbocycles. The first-order valence-electron chi connectivity index (χ1n) is 10.8. The van der Waals surface area contributed by atoms with Crippen LogP contribution in [0.1, 0.15) is 11.1 Å². The summed E-state index contributed by atoms with van der Waals surface area (Å²) in [5.74, 6) is 1.42. The van der Waals surface area contributed by atoms with Gasteiger partial charge in [-0.05, 0) is 72.6 Å². The zero-order valence-corrected chi connectivity index (χ0v) is 19.9. The molecule has 0 aromatic heterocycles. The third-order valence-electron chi connectivity index (χ3n) is 4.99. The molecule has 34 heavy (non-hydrogen) atoms. The van der Waals surface area contributed by atoms with Crippen LogP contribution in [0.4, 0.5) is 5.69 Å².